The van der Waals surface area contributed by atoms with E-state index in [9.17, 15) is 0 Å². The summed E-state index contributed by atoms with van der Waals surface area (Å²) in [5, 5.41) is 1.11. The van der Waals surface area contributed by atoms with Crippen LogP contribution >= 0.6 is 0 Å². The summed E-state index contributed by atoms with van der Waals surface area (Å²) in [4.78, 5) is 7.25. The fourth-order valence-electron chi connectivity index (χ4n) is 7.99. The largest absolute Gasteiger partial charge is 0.466 e. The van der Waals surface area contributed by atoms with Gasteiger partial charge in [-0.2, -0.15) is 0 Å². The summed E-state index contributed by atoms with van der Waals surface area (Å²) in [6.07, 6.45) is 0. The van der Waals surface area contributed by atoms with Crippen LogP contribution < -0.4 is 25.7 Å². The Balaban J connectivity index is 1.29. The SMILES string of the molecule is Cc1cc2c3c(c1)N(c1ccccc1)c1c(oc4ccccc14)B3N(c1ccccc1)c1ccc(N(c3ccccc3)c3ccccc3)cc1-2. The Morgan fingerprint density at radius 1 is 0.520 bits per heavy atom. The van der Waals surface area contributed by atoms with Gasteiger partial charge in [-0.15, -0.1) is 0 Å². The topological polar surface area (TPSA) is 22.9 Å². The van der Waals surface area contributed by atoms with E-state index in [0.717, 1.165) is 56.4 Å². The fourth-order valence-corrected chi connectivity index (χ4v) is 7.99. The van der Waals surface area contributed by atoms with E-state index in [0.29, 0.717) is 0 Å². The minimum Gasteiger partial charge on any atom is -0.466 e. The van der Waals surface area contributed by atoms with Gasteiger partial charge in [0.2, 0.25) is 0 Å². The van der Waals surface area contributed by atoms with Crippen molar-refractivity contribution in [3.8, 4) is 11.1 Å². The maximum absolute atomic E-state index is 6.97. The summed E-state index contributed by atoms with van der Waals surface area (Å²) >= 11 is 0. The van der Waals surface area contributed by atoms with Crippen molar-refractivity contribution in [3.05, 3.63) is 181 Å². The van der Waals surface area contributed by atoms with Gasteiger partial charge in [-0.05, 0) is 108 Å². The second kappa shape index (κ2) is 11.3. The smallest absolute Gasteiger partial charge is 0.375 e. The Hall–Kier alpha value is -6.46. The van der Waals surface area contributed by atoms with Crippen LogP contribution in [-0.2, 0) is 0 Å². The van der Waals surface area contributed by atoms with E-state index in [1.807, 2.05) is 0 Å². The van der Waals surface area contributed by atoms with Crippen LogP contribution in [0.25, 0.3) is 22.1 Å². The summed E-state index contributed by atoms with van der Waals surface area (Å²) < 4.78 is 6.97. The Labute approximate surface area is 292 Å². The third-order valence-corrected chi connectivity index (χ3v) is 10.0. The molecule has 3 heterocycles. The summed E-state index contributed by atoms with van der Waals surface area (Å²) in [7, 11) is 0. The average molecular weight is 642 g/mol. The summed E-state index contributed by atoms with van der Waals surface area (Å²) in [6.45, 7) is 2.04. The highest BCUT2D eigenvalue weighted by molar-refractivity contribution is 6.93. The first kappa shape index (κ1) is 28.5. The van der Waals surface area contributed by atoms with Crippen LogP contribution in [0.3, 0.4) is 0 Å². The lowest BCUT2D eigenvalue weighted by Gasteiger charge is -2.44. The predicted octanol–water partition coefficient (Wildman–Crippen LogP) is 10.9. The molecule has 0 unspecified atom stereocenters. The lowest BCUT2D eigenvalue weighted by Crippen LogP contribution is -2.61. The molecule has 50 heavy (non-hydrogen) atoms. The highest BCUT2D eigenvalue weighted by Gasteiger charge is 2.48. The average Bonchev–Trinajstić information content (AvgIpc) is 3.56. The lowest BCUT2D eigenvalue weighted by molar-refractivity contribution is 0.650. The lowest BCUT2D eigenvalue weighted by atomic mass is 9.46. The molecule has 0 aliphatic carbocycles. The third-order valence-electron chi connectivity index (χ3n) is 10.0. The van der Waals surface area contributed by atoms with Gasteiger partial charge in [0.1, 0.15) is 11.2 Å². The Morgan fingerprint density at radius 2 is 1.12 bits per heavy atom. The zero-order chi connectivity index (χ0) is 33.2. The van der Waals surface area contributed by atoms with Crippen molar-refractivity contribution < 1.29 is 4.42 Å². The first-order chi connectivity index (χ1) is 24.7. The molecule has 2 aliphatic rings. The van der Waals surface area contributed by atoms with Crippen LogP contribution in [0, 0.1) is 6.92 Å². The molecule has 0 spiro atoms. The molecule has 0 atom stereocenters. The normalized spacial score (nSPS) is 12.8. The molecule has 0 saturated heterocycles. The van der Waals surface area contributed by atoms with Gasteiger partial charge in [-0.1, -0.05) is 91.0 Å². The number of nitrogens with zero attached hydrogens (tertiary/aromatic N) is 3. The van der Waals surface area contributed by atoms with Gasteiger partial charge in [0.15, 0.2) is 0 Å². The van der Waals surface area contributed by atoms with Gasteiger partial charge < -0.3 is 19.0 Å². The molecule has 8 aromatic rings. The molecule has 0 fully saturated rings. The summed E-state index contributed by atoms with van der Waals surface area (Å²) in [5.41, 5.74) is 15.7. The standard InChI is InChI=1S/C45H32BN3O/c1-31-28-39-38-30-36(47(32-16-6-2-7-17-32)33-18-8-3-9-19-33)26-27-40(38)49(35-22-12-5-13-23-35)46-43(39)41(29-31)48(34-20-10-4-11-21-34)44-37-24-14-15-25-42(37)50-45(44)46/h2-30H,1H3. The van der Waals surface area contributed by atoms with Crippen molar-refractivity contribution in [3.63, 3.8) is 0 Å². The monoisotopic (exact) mass is 641 g/mol. The van der Waals surface area contributed by atoms with E-state index in [1.54, 1.807) is 0 Å². The molecule has 2 aliphatic heterocycles. The molecule has 236 valence electrons. The quantitative estimate of drug-likeness (QED) is 0.175. The molecule has 1 aromatic heterocycles. The van der Waals surface area contributed by atoms with Gasteiger partial charge in [0.25, 0.3) is 0 Å². The molecular weight excluding hydrogens is 609 g/mol. The van der Waals surface area contributed by atoms with Crippen molar-refractivity contribution in [2.24, 2.45) is 0 Å². The number of benzene rings is 7. The van der Waals surface area contributed by atoms with Crippen LogP contribution in [0.1, 0.15) is 5.56 Å². The first-order valence-electron chi connectivity index (χ1n) is 17.1. The van der Waals surface area contributed by atoms with Crippen molar-refractivity contribution in [1.29, 1.82) is 0 Å². The van der Waals surface area contributed by atoms with Crippen LogP contribution in [0.2, 0.25) is 0 Å². The number of aryl methyl sites for hydroxylation is 1. The van der Waals surface area contributed by atoms with Gasteiger partial charge >= 0.3 is 6.85 Å². The van der Waals surface area contributed by atoms with E-state index in [-0.39, 0.29) is 6.85 Å². The number of furan rings is 1. The van der Waals surface area contributed by atoms with Gasteiger partial charge in [0, 0.05) is 50.8 Å². The highest BCUT2D eigenvalue weighted by Crippen LogP contribution is 2.50. The molecule has 4 nitrogen and oxygen atoms in total. The minimum absolute atomic E-state index is 0.178. The van der Waals surface area contributed by atoms with E-state index in [1.165, 1.54) is 27.8 Å². The number of hydrogen-bond donors (Lipinski definition) is 0. The molecule has 0 saturated carbocycles. The van der Waals surface area contributed by atoms with Crippen LogP contribution in [0.15, 0.2) is 180 Å². The van der Waals surface area contributed by atoms with E-state index in [4.69, 9.17) is 4.42 Å². The van der Waals surface area contributed by atoms with Crippen LogP contribution in [0.5, 0.6) is 0 Å². The molecule has 0 N–H and O–H groups in total. The Kier molecular flexibility index (Phi) is 6.46. The van der Waals surface area contributed by atoms with E-state index >= 15 is 0 Å². The highest BCUT2D eigenvalue weighted by atomic mass is 16.3. The van der Waals surface area contributed by atoms with Crippen molar-refractivity contribution in [2.75, 3.05) is 14.6 Å². The van der Waals surface area contributed by atoms with Crippen molar-refractivity contribution in [1.82, 2.24) is 0 Å². The second-order valence-electron chi connectivity index (χ2n) is 13.0. The number of hydrogen-bond acceptors (Lipinski definition) is 4. The molecule has 7 aromatic carbocycles. The maximum Gasteiger partial charge on any atom is 0.375 e. The Morgan fingerprint density at radius 3 is 1.80 bits per heavy atom. The van der Waals surface area contributed by atoms with E-state index in [2.05, 4.69) is 197 Å². The first-order valence-corrected chi connectivity index (χ1v) is 17.1. The molecule has 10 rings (SSSR count). The second-order valence-corrected chi connectivity index (χ2v) is 13.0. The number of para-hydroxylation sites is 5. The van der Waals surface area contributed by atoms with Crippen LogP contribution in [-0.4, -0.2) is 6.85 Å². The van der Waals surface area contributed by atoms with Crippen LogP contribution in [0.4, 0.5) is 45.5 Å². The van der Waals surface area contributed by atoms with Gasteiger partial charge in [0.05, 0.1) is 5.69 Å². The molecule has 0 radical (unpaired) electrons. The van der Waals surface area contributed by atoms with Crippen molar-refractivity contribution >= 4 is 74.4 Å². The van der Waals surface area contributed by atoms with E-state index < -0.39 is 0 Å². The fraction of sp³-hybridized carbons (Fsp3) is 0.0222. The van der Waals surface area contributed by atoms with Gasteiger partial charge in [-0.25, -0.2) is 0 Å². The number of rotatable bonds is 5. The zero-order valence-electron chi connectivity index (χ0n) is 27.6. The summed E-state index contributed by atoms with van der Waals surface area (Å²) in [6, 6.07) is 62.8. The molecular formula is C45H32BN3O. The predicted molar refractivity (Wildman–Crippen MR) is 209 cm³/mol. The van der Waals surface area contributed by atoms with Crippen molar-refractivity contribution in [2.45, 2.75) is 6.92 Å². The Bertz CT molecular complexity index is 2480. The summed E-state index contributed by atoms with van der Waals surface area (Å²) in [5.74, 6) is 0. The molecule has 5 heteroatoms. The number of fused-ring (bicyclic) bond motifs is 6. The minimum atomic E-state index is -0.178. The maximum atomic E-state index is 6.97. The third kappa shape index (κ3) is 4.33. The molecule has 0 bridgehead atoms. The van der Waals surface area contributed by atoms with Gasteiger partial charge in [-0.3, -0.25) is 0 Å². The zero-order valence-corrected chi connectivity index (χ0v) is 27.6. The molecule has 0 amide bonds. The number of anilines is 8.